The molecule has 0 spiro atoms. The molecule has 0 saturated carbocycles. The summed E-state index contributed by atoms with van der Waals surface area (Å²) in [6.45, 7) is 0. The molecule has 2 atom stereocenters. The first kappa shape index (κ1) is 12.3. The number of alkyl halides is 1. The van der Waals surface area contributed by atoms with Crippen LogP contribution in [0.3, 0.4) is 0 Å². The summed E-state index contributed by atoms with van der Waals surface area (Å²) in [6.07, 6.45) is 14.1. The second-order valence-electron chi connectivity index (χ2n) is 3.49. The molecule has 0 aromatic carbocycles. The first-order valence-corrected chi connectivity index (χ1v) is 5.26. The van der Waals surface area contributed by atoms with E-state index in [-0.39, 0.29) is 17.8 Å². The quantitative estimate of drug-likeness (QED) is 0.809. The predicted molar refractivity (Wildman–Crippen MR) is 65.4 cm³/mol. The highest BCUT2D eigenvalue weighted by atomic mass is 35.5. The average Bonchev–Trinajstić information content (AvgIpc) is 2.72. The van der Waals surface area contributed by atoms with Crippen molar-refractivity contribution in [2.75, 3.05) is 0 Å². The minimum atomic E-state index is -0.00819. The van der Waals surface area contributed by atoms with Gasteiger partial charge in [-0.3, -0.25) is 0 Å². The number of hydrogen-bond donors (Lipinski definition) is 1. The van der Waals surface area contributed by atoms with E-state index in [1.807, 2.05) is 0 Å². The largest absolute Gasteiger partial charge is 0.347 e. The highest BCUT2D eigenvalue weighted by Crippen LogP contribution is 2.28. The number of allylic oxidation sites excluding steroid dienone is 4. The topological polar surface area (TPSA) is 28.7 Å². The van der Waals surface area contributed by atoms with Crippen LogP contribution in [0, 0.1) is 5.92 Å². The molecule has 0 aliphatic heterocycles. The SMILES string of the molecule is Cl.ClC(CC1C=CC=CC1)c1ncc[nH]1. The Bertz CT molecular complexity index is 330. The number of hydrogen-bond acceptors (Lipinski definition) is 1. The van der Waals surface area contributed by atoms with Gasteiger partial charge in [-0.15, -0.1) is 24.0 Å². The highest BCUT2D eigenvalue weighted by Gasteiger charge is 2.15. The minimum Gasteiger partial charge on any atom is -0.347 e. The number of aromatic nitrogens is 2. The zero-order chi connectivity index (χ0) is 9.80. The molecule has 4 heteroatoms. The second-order valence-corrected chi connectivity index (χ2v) is 4.01. The van der Waals surface area contributed by atoms with Crippen LogP contribution < -0.4 is 0 Å². The van der Waals surface area contributed by atoms with Crippen LogP contribution in [-0.2, 0) is 0 Å². The van der Waals surface area contributed by atoms with Gasteiger partial charge in [0.1, 0.15) is 5.82 Å². The first-order valence-electron chi connectivity index (χ1n) is 4.83. The van der Waals surface area contributed by atoms with Crippen molar-refractivity contribution in [2.24, 2.45) is 5.92 Å². The minimum absolute atomic E-state index is 0. The van der Waals surface area contributed by atoms with E-state index < -0.39 is 0 Å². The lowest BCUT2D eigenvalue weighted by Gasteiger charge is -2.15. The van der Waals surface area contributed by atoms with Gasteiger partial charge in [0.05, 0.1) is 5.38 Å². The maximum atomic E-state index is 6.23. The first-order chi connectivity index (χ1) is 6.86. The summed E-state index contributed by atoms with van der Waals surface area (Å²) in [4.78, 5) is 7.19. The number of halogens is 2. The molecular weight excluding hydrogens is 231 g/mol. The Morgan fingerprint density at radius 2 is 2.40 bits per heavy atom. The van der Waals surface area contributed by atoms with Gasteiger partial charge >= 0.3 is 0 Å². The Morgan fingerprint density at radius 3 is 3.00 bits per heavy atom. The summed E-state index contributed by atoms with van der Waals surface area (Å²) in [5.41, 5.74) is 0. The van der Waals surface area contributed by atoms with E-state index in [1.54, 1.807) is 12.4 Å². The van der Waals surface area contributed by atoms with Crippen LogP contribution in [0.15, 0.2) is 36.7 Å². The van der Waals surface area contributed by atoms with E-state index in [0.717, 1.165) is 18.7 Å². The molecule has 2 unspecified atom stereocenters. The molecule has 2 nitrogen and oxygen atoms in total. The third kappa shape index (κ3) is 3.40. The lowest BCUT2D eigenvalue weighted by atomic mass is 9.95. The van der Waals surface area contributed by atoms with E-state index in [1.165, 1.54) is 0 Å². The van der Waals surface area contributed by atoms with E-state index in [0.29, 0.717) is 5.92 Å². The maximum Gasteiger partial charge on any atom is 0.124 e. The van der Waals surface area contributed by atoms with Crippen LogP contribution in [0.5, 0.6) is 0 Å². The molecule has 15 heavy (non-hydrogen) atoms. The predicted octanol–water partition coefficient (Wildman–Crippen LogP) is 3.63. The van der Waals surface area contributed by atoms with Crippen LogP contribution >= 0.6 is 24.0 Å². The van der Waals surface area contributed by atoms with Crippen molar-refractivity contribution < 1.29 is 0 Å². The van der Waals surface area contributed by atoms with Gasteiger partial charge < -0.3 is 4.98 Å². The van der Waals surface area contributed by atoms with Gasteiger partial charge in [-0.2, -0.15) is 0 Å². The van der Waals surface area contributed by atoms with Gasteiger partial charge in [-0.05, 0) is 18.8 Å². The number of imidazole rings is 1. The number of nitrogens with zero attached hydrogens (tertiary/aromatic N) is 1. The second kappa shape index (κ2) is 5.99. The number of aromatic amines is 1. The number of nitrogens with one attached hydrogen (secondary N) is 1. The van der Waals surface area contributed by atoms with Crippen molar-refractivity contribution in [1.29, 1.82) is 0 Å². The summed E-state index contributed by atoms with van der Waals surface area (Å²) in [6, 6.07) is 0. The Labute approximate surface area is 101 Å². The average molecular weight is 245 g/mol. The van der Waals surface area contributed by atoms with Crippen LogP contribution in [0.25, 0.3) is 0 Å². The highest BCUT2D eigenvalue weighted by molar-refractivity contribution is 6.20. The third-order valence-electron chi connectivity index (χ3n) is 2.40. The van der Waals surface area contributed by atoms with Crippen LogP contribution in [-0.4, -0.2) is 9.97 Å². The zero-order valence-electron chi connectivity index (χ0n) is 8.27. The fraction of sp³-hybridized carbons (Fsp3) is 0.364. The van der Waals surface area contributed by atoms with Crippen LogP contribution in [0.4, 0.5) is 0 Å². The van der Waals surface area contributed by atoms with Crippen molar-refractivity contribution >= 4 is 24.0 Å². The van der Waals surface area contributed by atoms with Gasteiger partial charge in [0.15, 0.2) is 0 Å². The number of H-pyrrole nitrogens is 1. The molecule has 82 valence electrons. The summed E-state index contributed by atoms with van der Waals surface area (Å²) >= 11 is 6.23. The molecular formula is C11H14Cl2N2. The standard InChI is InChI=1S/C11H13ClN2.ClH/c12-10(11-13-6-7-14-11)8-9-4-2-1-3-5-9;/h1-4,6-7,9-10H,5,8H2,(H,13,14);1H. The van der Waals surface area contributed by atoms with Gasteiger partial charge in [-0.25, -0.2) is 4.98 Å². The van der Waals surface area contributed by atoms with Gasteiger partial charge in [0, 0.05) is 12.4 Å². The maximum absolute atomic E-state index is 6.23. The molecule has 0 amide bonds. The Morgan fingerprint density at radius 1 is 1.53 bits per heavy atom. The lowest BCUT2D eigenvalue weighted by Crippen LogP contribution is -2.03. The third-order valence-corrected chi connectivity index (χ3v) is 2.78. The zero-order valence-corrected chi connectivity index (χ0v) is 9.84. The van der Waals surface area contributed by atoms with E-state index in [4.69, 9.17) is 11.6 Å². The van der Waals surface area contributed by atoms with E-state index in [2.05, 4.69) is 34.3 Å². The molecule has 0 bridgehead atoms. The van der Waals surface area contributed by atoms with E-state index in [9.17, 15) is 0 Å². The van der Waals surface area contributed by atoms with Gasteiger partial charge in [0.2, 0.25) is 0 Å². The van der Waals surface area contributed by atoms with Crippen LogP contribution in [0.1, 0.15) is 24.0 Å². The monoisotopic (exact) mass is 244 g/mol. The fourth-order valence-corrected chi connectivity index (χ4v) is 1.98. The smallest absolute Gasteiger partial charge is 0.124 e. The van der Waals surface area contributed by atoms with Crippen LogP contribution in [0.2, 0.25) is 0 Å². The Hall–Kier alpha value is -0.730. The van der Waals surface area contributed by atoms with Gasteiger partial charge in [0.25, 0.3) is 0 Å². The van der Waals surface area contributed by atoms with Crippen molar-refractivity contribution in [1.82, 2.24) is 9.97 Å². The molecule has 1 aromatic heterocycles. The van der Waals surface area contributed by atoms with E-state index >= 15 is 0 Å². The fourth-order valence-electron chi connectivity index (χ4n) is 1.63. The molecule has 1 heterocycles. The van der Waals surface area contributed by atoms with Crippen molar-refractivity contribution in [2.45, 2.75) is 18.2 Å². The number of rotatable bonds is 3. The molecule has 0 saturated heterocycles. The summed E-state index contributed by atoms with van der Waals surface area (Å²) < 4.78 is 0. The summed E-state index contributed by atoms with van der Waals surface area (Å²) in [5, 5.41) is -0.00819. The molecule has 1 aliphatic rings. The molecule has 0 fully saturated rings. The Balaban J connectivity index is 0.00000112. The molecule has 1 aromatic rings. The summed E-state index contributed by atoms with van der Waals surface area (Å²) in [7, 11) is 0. The van der Waals surface area contributed by atoms with Crippen molar-refractivity contribution in [3.63, 3.8) is 0 Å². The summed E-state index contributed by atoms with van der Waals surface area (Å²) in [5.74, 6) is 1.42. The Kier molecular flexibility index (Phi) is 4.92. The molecule has 2 rings (SSSR count). The molecule has 1 aliphatic carbocycles. The van der Waals surface area contributed by atoms with Crippen molar-refractivity contribution in [3.05, 3.63) is 42.5 Å². The van der Waals surface area contributed by atoms with Crippen molar-refractivity contribution in [3.8, 4) is 0 Å². The molecule has 1 N–H and O–H groups in total. The lowest BCUT2D eigenvalue weighted by molar-refractivity contribution is 0.572. The van der Waals surface area contributed by atoms with Gasteiger partial charge in [-0.1, -0.05) is 24.3 Å². The normalized spacial score (nSPS) is 21.0. The molecule has 0 radical (unpaired) electrons.